The first kappa shape index (κ1) is 6.32. The molecule has 0 bridgehead atoms. The van der Waals surface area contributed by atoms with Gasteiger partial charge in [-0.3, -0.25) is 4.98 Å². The van der Waals surface area contributed by atoms with Gasteiger partial charge in [-0.15, -0.1) is 11.3 Å². The number of pyridine rings is 1. The lowest BCUT2D eigenvalue weighted by molar-refractivity contribution is 1.38. The zero-order valence-electron chi connectivity index (χ0n) is 6.61. The number of hydrogen-bond donors (Lipinski definition) is 0. The average Bonchev–Trinajstić information content (AvgIpc) is 2.50. The summed E-state index contributed by atoms with van der Waals surface area (Å²) in [6.45, 7) is 0. The molecule has 0 amide bonds. The Morgan fingerprint density at radius 1 is 1.64 bits per heavy atom. The lowest BCUT2D eigenvalue weighted by Gasteiger charge is -1.87. The van der Waals surface area contributed by atoms with Crippen LogP contribution in [0.25, 0.3) is 10.2 Å². The molecule has 0 radical (unpaired) electrons. The minimum absolute atomic E-state index is 0. The summed E-state index contributed by atoms with van der Waals surface area (Å²) in [6, 6.07) is 5.85. The van der Waals surface area contributed by atoms with Crippen LogP contribution in [-0.4, -0.2) is 4.98 Å². The Hall–Kier alpha value is -1.40. The predicted octanol–water partition coefficient (Wildman–Crippen LogP) is 2.28. The Balaban J connectivity index is 0.000000720. The molecule has 0 aromatic carbocycles. The van der Waals surface area contributed by atoms with E-state index < -0.39 is 0 Å². The predicted molar refractivity (Wildman–Crippen MR) is 45.4 cm³/mol. The molecule has 2 nitrogen and oxygen atoms in total. The second-order valence-electron chi connectivity index (χ2n) is 2.14. The number of hydrogen-bond acceptors (Lipinski definition) is 3. The molecule has 2 aromatic rings. The monoisotopic (exact) mass is 161 g/mol. The third kappa shape index (κ3) is 0.975. The Labute approximate surface area is 69.2 Å². The van der Waals surface area contributed by atoms with E-state index >= 15 is 0 Å². The van der Waals surface area contributed by atoms with E-state index in [4.69, 9.17) is 5.26 Å². The van der Waals surface area contributed by atoms with Crippen LogP contribution in [-0.2, 0) is 0 Å². The van der Waals surface area contributed by atoms with Crippen LogP contribution in [0, 0.1) is 11.3 Å². The fraction of sp³-hybridized carbons (Fsp3) is 0. The van der Waals surface area contributed by atoms with Gasteiger partial charge in [-0.25, -0.2) is 0 Å². The highest BCUT2D eigenvalue weighted by molar-refractivity contribution is 7.17. The van der Waals surface area contributed by atoms with E-state index in [1.165, 1.54) is 0 Å². The smallest absolute Gasteiger partial charge is 0.254 e. The van der Waals surface area contributed by atoms with E-state index in [1.54, 1.807) is 17.5 Å². The maximum absolute atomic E-state index is 8.55. The molecule has 0 atom stereocenters. The summed E-state index contributed by atoms with van der Waals surface area (Å²) in [7, 11) is 0. The van der Waals surface area contributed by atoms with Gasteiger partial charge in [0.2, 0.25) is 0 Å². The van der Waals surface area contributed by atoms with Crippen LogP contribution in [0.3, 0.4) is 0 Å². The second kappa shape index (κ2) is 2.33. The highest BCUT2D eigenvalue weighted by Crippen LogP contribution is 2.18. The van der Waals surface area contributed by atoms with Crippen molar-refractivity contribution < 1.29 is 1.43 Å². The van der Waals surface area contributed by atoms with Crippen molar-refractivity contribution in [2.24, 2.45) is 0 Å². The zero-order chi connectivity index (χ0) is 7.68. The first-order valence-corrected chi connectivity index (χ1v) is 4.01. The highest BCUT2D eigenvalue weighted by Gasteiger charge is 1.96. The molecule has 0 aliphatic carbocycles. The summed E-state index contributed by atoms with van der Waals surface area (Å²) < 4.78 is 1.07. The van der Waals surface area contributed by atoms with E-state index in [0.717, 1.165) is 10.2 Å². The Morgan fingerprint density at radius 3 is 3.36 bits per heavy atom. The first-order chi connectivity index (χ1) is 5.40. The fourth-order valence-corrected chi connectivity index (χ4v) is 1.69. The molecule has 0 spiro atoms. The summed E-state index contributed by atoms with van der Waals surface area (Å²) in [6.07, 6.45) is 1.59. The van der Waals surface area contributed by atoms with Gasteiger partial charge in [0.05, 0.1) is 15.8 Å². The number of nitriles is 1. The van der Waals surface area contributed by atoms with Crippen LogP contribution in [0.2, 0.25) is 0 Å². The molecule has 3 heteroatoms. The van der Waals surface area contributed by atoms with E-state index in [2.05, 4.69) is 11.1 Å². The maximum Gasteiger partial charge on any atom is 1.00 e. The standard InChI is InChI=1S/C8H4N2S/c9-4-6-3-8-7(10-5-6)1-2-11-8/h1-3,5H/p+1. The van der Waals surface area contributed by atoms with Crippen LogP contribution in [0.5, 0.6) is 0 Å². The van der Waals surface area contributed by atoms with Gasteiger partial charge in [0, 0.05) is 6.20 Å². The molecule has 52 valence electrons. The summed E-state index contributed by atoms with van der Waals surface area (Å²) >= 11 is 1.60. The van der Waals surface area contributed by atoms with E-state index in [9.17, 15) is 0 Å². The molecule has 0 N–H and O–H groups in total. The fourth-order valence-electron chi connectivity index (χ4n) is 0.908. The van der Waals surface area contributed by atoms with Gasteiger partial charge in [-0.1, -0.05) is 0 Å². The first-order valence-electron chi connectivity index (χ1n) is 3.13. The molecule has 0 aliphatic heterocycles. The number of thiophene rings is 1. The normalized spacial score (nSPS) is 9.73. The van der Waals surface area contributed by atoms with Crippen molar-refractivity contribution in [2.75, 3.05) is 0 Å². The van der Waals surface area contributed by atoms with Crippen molar-refractivity contribution in [3.63, 3.8) is 0 Å². The van der Waals surface area contributed by atoms with Gasteiger partial charge in [0.15, 0.2) is 0 Å². The summed E-state index contributed by atoms with van der Waals surface area (Å²) in [5, 5.41) is 10.5. The Kier molecular flexibility index (Phi) is 1.34. The zero-order valence-corrected chi connectivity index (χ0v) is 6.43. The molecule has 2 aromatic heterocycles. The molecular formula is C8H5N2S+. The van der Waals surface area contributed by atoms with Crippen LogP contribution < -0.4 is 0 Å². The van der Waals surface area contributed by atoms with Crippen molar-refractivity contribution in [1.82, 2.24) is 4.98 Å². The van der Waals surface area contributed by atoms with E-state index in [-0.39, 0.29) is 1.43 Å². The van der Waals surface area contributed by atoms with Crippen molar-refractivity contribution in [2.45, 2.75) is 0 Å². The number of fused-ring (bicyclic) bond motifs is 1. The molecule has 0 saturated heterocycles. The van der Waals surface area contributed by atoms with Gasteiger partial charge >= 0.3 is 1.43 Å². The molecule has 0 fully saturated rings. The maximum atomic E-state index is 8.55. The van der Waals surface area contributed by atoms with Crippen molar-refractivity contribution >= 4 is 21.6 Å². The van der Waals surface area contributed by atoms with Gasteiger partial charge in [-0.2, -0.15) is 5.26 Å². The van der Waals surface area contributed by atoms with Crippen LogP contribution >= 0.6 is 11.3 Å². The number of nitrogens with zero attached hydrogens (tertiary/aromatic N) is 2. The molecule has 0 unspecified atom stereocenters. The van der Waals surface area contributed by atoms with Crippen LogP contribution in [0.4, 0.5) is 0 Å². The summed E-state index contributed by atoms with van der Waals surface area (Å²) in [4.78, 5) is 4.10. The molecule has 0 aliphatic rings. The molecule has 11 heavy (non-hydrogen) atoms. The molecular weight excluding hydrogens is 156 g/mol. The van der Waals surface area contributed by atoms with Crippen LogP contribution in [0.1, 0.15) is 6.99 Å². The lowest BCUT2D eigenvalue weighted by atomic mass is 10.3. The average molecular weight is 161 g/mol. The second-order valence-corrected chi connectivity index (χ2v) is 3.09. The molecule has 0 saturated carbocycles. The summed E-state index contributed by atoms with van der Waals surface area (Å²) in [5.74, 6) is 0. The van der Waals surface area contributed by atoms with E-state index in [0.29, 0.717) is 5.56 Å². The van der Waals surface area contributed by atoms with Crippen molar-refractivity contribution in [3.05, 3.63) is 29.3 Å². The third-order valence-corrected chi connectivity index (χ3v) is 2.28. The third-order valence-electron chi connectivity index (χ3n) is 1.43. The SMILES string of the molecule is N#Cc1cnc2ccsc2c1.[H+]. The Bertz CT molecular complexity index is 430. The topological polar surface area (TPSA) is 36.7 Å². The quantitative estimate of drug-likeness (QED) is 0.594. The molecule has 2 heterocycles. The van der Waals surface area contributed by atoms with Gasteiger partial charge in [0.25, 0.3) is 0 Å². The van der Waals surface area contributed by atoms with Crippen molar-refractivity contribution in [3.8, 4) is 6.07 Å². The van der Waals surface area contributed by atoms with Gasteiger partial charge < -0.3 is 0 Å². The Morgan fingerprint density at radius 2 is 2.55 bits per heavy atom. The number of aromatic nitrogens is 1. The summed E-state index contributed by atoms with van der Waals surface area (Å²) in [5.41, 5.74) is 1.59. The minimum atomic E-state index is 0. The molecule has 2 rings (SSSR count). The largest absolute Gasteiger partial charge is 1.00 e. The van der Waals surface area contributed by atoms with Gasteiger partial charge in [-0.05, 0) is 17.5 Å². The van der Waals surface area contributed by atoms with Gasteiger partial charge in [0.1, 0.15) is 6.07 Å². The van der Waals surface area contributed by atoms with Crippen molar-refractivity contribution in [1.29, 1.82) is 5.26 Å². The van der Waals surface area contributed by atoms with Crippen LogP contribution in [0.15, 0.2) is 23.7 Å². The van der Waals surface area contributed by atoms with E-state index in [1.807, 2.05) is 17.5 Å². The lowest BCUT2D eigenvalue weighted by Crippen LogP contribution is -1.75. The minimum Gasteiger partial charge on any atom is -0.254 e. The number of rotatable bonds is 0. The highest BCUT2D eigenvalue weighted by atomic mass is 32.1.